The Morgan fingerprint density at radius 1 is 1.21 bits per heavy atom. The lowest BCUT2D eigenvalue weighted by Gasteiger charge is -2.34. The van der Waals surface area contributed by atoms with E-state index in [1.807, 2.05) is 4.57 Å². The van der Waals surface area contributed by atoms with Crippen LogP contribution in [0.2, 0.25) is 0 Å². The van der Waals surface area contributed by atoms with Crippen LogP contribution < -0.4 is 5.32 Å². The molecule has 3 atom stereocenters. The van der Waals surface area contributed by atoms with Crippen LogP contribution in [0.1, 0.15) is 52.0 Å². The molecule has 2 aromatic rings. The van der Waals surface area contributed by atoms with Gasteiger partial charge in [0.05, 0.1) is 11.3 Å². The number of hydrogen-bond donors (Lipinski definition) is 1. The molecule has 28 heavy (non-hydrogen) atoms. The quantitative estimate of drug-likeness (QED) is 0.725. The minimum Gasteiger partial charge on any atom is -0.352 e. The summed E-state index contributed by atoms with van der Waals surface area (Å²) in [6.45, 7) is 4.49. The third-order valence-electron chi connectivity index (χ3n) is 6.08. The second-order valence-electron chi connectivity index (χ2n) is 8.12. The van der Waals surface area contributed by atoms with Gasteiger partial charge < -0.3 is 5.32 Å². The van der Waals surface area contributed by atoms with Gasteiger partial charge in [0, 0.05) is 12.1 Å². The minimum atomic E-state index is -0.300. The van der Waals surface area contributed by atoms with Crippen molar-refractivity contribution in [2.24, 2.45) is 11.8 Å². The highest BCUT2D eigenvalue weighted by atomic mass is 32.2. The number of nitrogens with one attached hydrogen (secondary N) is 1. The fourth-order valence-corrected chi connectivity index (χ4v) is 4.84. The number of nitrogens with zero attached hydrogens (tertiary/aromatic N) is 3. The third kappa shape index (κ3) is 4.09. The molecular formula is C21H27FN4OS. The largest absolute Gasteiger partial charge is 0.352 e. The van der Waals surface area contributed by atoms with E-state index in [2.05, 4.69) is 29.4 Å². The number of amides is 1. The molecule has 0 bridgehead atoms. The molecule has 0 saturated heterocycles. The third-order valence-corrected chi connectivity index (χ3v) is 7.02. The Labute approximate surface area is 169 Å². The van der Waals surface area contributed by atoms with Crippen molar-refractivity contribution in [1.82, 2.24) is 20.1 Å². The maximum atomic E-state index is 14.2. The van der Waals surface area contributed by atoms with Crippen LogP contribution in [0.5, 0.6) is 0 Å². The Morgan fingerprint density at radius 3 is 2.75 bits per heavy atom. The molecule has 1 aromatic heterocycles. The molecule has 4 rings (SSSR count). The molecule has 2 fully saturated rings. The van der Waals surface area contributed by atoms with Crippen LogP contribution >= 0.6 is 11.8 Å². The zero-order chi connectivity index (χ0) is 19.7. The van der Waals surface area contributed by atoms with Crippen molar-refractivity contribution in [2.75, 3.05) is 5.75 Å². The van der Waals surface area contributed by atoms with Crippen molar-refractivity contribution in [2.45, 2.75) is 63.2 Å². The lowest BCUT2D eigenvalue weighted by Crippen LogP contribution is -2.44. The second kappa shape index (κ2) is 8.23. The Morgan fingerprint density at radius 2 is 2.00 bits per heavy atom. The van der Waals surface area contributed by atoms with Crippen molar-refractivity contribution in [3.8, 4) is 11.4 Å². The standard InChI is InChI=1S/C21H27FN4OS/c1-13-6-5-9-18(14(13)2)23-19(27)12-28-21-25-24-20(26(21)15-10-11-15)16-7-3-4-8-17(16)22/h3-4,7-8,13-15,18H,5-6,9-12H2,1-2H3,(H,23,27)/t13-,14+,18+/m0/s1. The molecule has 0 radical (unpaired) electrons. The highest BCUT2D eigenvalue weighted by molar-refractivity contribution is 7.99. The summed E-state index contributed by atoms with van der Waals surface area (Å²) in [5, 5.41) is 12.4. The van der Waals surface area contributed by atoms with E-state index in [0.29, 0.717) is 40.2 Å². The van der Waals surface area contributed by atoms with Crippen molar-refractivity contribution in [3.05, 3.63) is 30.1 Å². The number of hydrogen-bond acceptors (Lipinski definition) is 4. The number of aromatic nitrogens is 3. The minimum absolute atomic E-state index is 0.0359. The van der Waals surface area contributed by atoms with E-state index in [0.717, 1.165) is 19.3 Å². The normalized spacial score (nSPS) is 24.9. The maximum Gasteiger partial charge on any atom is 0.230 e. The van der Waals surface area contributed by atoms with Gasteiger partial charge in [-0.05, 0) is 43.2 Å². The number of benzene rings is 1. The molecule has 7 heteroatoms. The van der Waals surface area contributed by atoms with Crippen LogP contribution in [-0.2, 0) is 4.79 Å². The van der Waals surface area contributed by atoms with Gasteiger partial charge >= 0.3 is 0 Å². The van der Waals surface area contributed by atoms with E-state index < -0.39 is 0 Å². The van der Waals surface area contributed by atoms with Crippen LogP contribution in [0, 0.1) is 17.7 Å². The van der Waals surface area contributed by atoms with Gasteiger partial charge in [-0.25, -0.2) is 4.39 Å². The molecule has 150 valence electrons. The summed E-state index contributed by atoms with van der Waals surface area (Å²) in [5.74, 6) is 1.75. The van der Waals surface area contributed by atoms with Crippen molar-refractivity contribution < 1.29 is 9.18 Å². The predicted octanol–water partition coefficient (Wildman–Crippen LogP) is 4.45. The molecule has 2 aliphatic carbocycles. The summed E-state index contributed by atoms with van der Waals surface area (Å²) in [4.78, 5) is 12.5. The molecule has 2 saturated carbocycles. The van der Waals surface area contributed by atoms with Crippen LogP contribution in [0.3, 0.4) is 0 Å². The molecule has 0 unspecified atom stereocenters. The van der Waals surface area contributed by atoms with Crippen LogP contribution in [0.15, 0.2) is 29.4 Å². The summed E-state index contributed by atoms with van der Waals surface area (Å²) in [6.07, 6.45) is 5.54. The van der Waals surface area contributed by atoms with Gasteiger partial charge in [-0.3, -0.25) is 9.36 Å². The zero-order valence-corrected chi connectivity index (χ0v) is 17.2. The van der Waals surface area contributed by atoms with Crippen LogP contribution in [-0.4, -0.2) is 32.5 Å². The average Bonchev–Trinajstić information content (AvgIpc) is 3.44. The number of thioether (sulfide) groups is 1. The molecule has 1 amide bonds. The van der Waals surface area contributed by atoms with Gasteiger partial charge in [0.15, 0.2) is 11.0 Å². The topological polar surface area (TPSA) is 59.8 Å². The Hall–Kier alpha value is -1.89. The lowest BCUT2D eigenvalue weighted by atomic mass is 9.78. The van der Waals surface area contributed by atoms with E-state index in [1.165, 1.54) is 30.7 Å². The van der Waals surface area contributed by atoms with Gasteiger partial charge in [0.2, 0.25) is 5.91 Å². The summed E-state index contributed by atoms with van der Waals surface area (Å²) < 4.78 is 16.2. The van der Waals surface area contributed by atoms with E-state index in [1.54, 1.807) is 18.2 Å². The lowest BCUT2D eigenvalue weighted by molar-refractivity contribution is -0.120. The Balaban J connectivity index is 1.44. The molecule has 0 spiro atoms. The summed E-state index contributed by atoms with van der Waals surface area (Å²) in [5.41, 5.74) is 0.461. The van der Waals surface area contributed by atoms with E-state index in [-0.39, 0.29) is 17.8 Å². The summed E-state index contributed by atoms with van der Waals surface area (Å²) in [7, 11) is 0. The van der Waals surface area contributed by atoms with Crippen molar-refractivity contribution in [1.29, 1.82) is 0 Å². The zero-order valence-electron chi connectivity index (χ0n) is 16.4. The Bertz CT molecular complexity index is 851. The summed E-state index contributed by atoms with van der Waals surface area (Å²) in [6, 6.07) is 7.20. The fourth-order valence-electron chi connectivity index (χ4n) is 4.03. The van der Waals surface area contributed by atoms with Crippen molar-refractivity contribution in [3.63, 3.8) is 0 Å². The van der Waals surface area contributed by atoms with E-state index in [4.69, 9.17) is 0 Å². The average molecular weight is 403 g/mol. The monoisotopic (exact) mass is 402 g/mol. The fraction of sp³-hybridized carbons (Fsp3) is 0.571. The first kappa shape index (κ1) is 19.4. The van der Waals surface area contributed by atoms with E-state index in [9.17, 15) is 9.18 Å². The van der Waals surface area contributed by atoms with E-state index >= 15 is 0 Å². The number of rotatable bonds is 6. The molecular weight excluding hydrogens is 375 g/mol. The SMILES string of the molecule is C[C@@H]1[C@@H](C)CCC[C@H]1NC(=O)CSc1nnc(-c2ccccc2F)n1C1CC1. The maximum absolute atomic E-state index is 14.2. The first-order valence-corrected chi connectivity index (χ1v) is 11.1. The van der Waals surface area contributed by atoms with Gasteiger partial charge in [0.25, 0.3) is 0 Å². The predicted molar refractivity (Wildman–Crippen MR) is 109 cm³/mol. The Kier molecular flexibility index (Phi) is 5.71. The number of carbonyl (C=O) groups excluding carboxylic acids is 1. The smallest absolute Gasteiger partial charge is 0.230 e. The first-order valence-electron chi connectivity index (χ1n) is 10.2. The van der Waals surface area contributed by atoms with Crippen LogP contribution in [0.4, 0.5) is 4.39 Å². The van der Waals surface area contributed by atoms with Gasteiger partial charge in [-0.2, -0.15) is 0 Å². The summed E-state index contributed by atoms with van der Waals surface area (Å²) >= 11 is 1.39. The molecule has 0 aliphatic heterocycles. The molecule has 2 aliphatic rings. The highest BCUT2D eigenvalue weighted by Gasteiger charge is 2.32. The van der Waals surface area contributed by atoms with Crippen LogP contribution in [0.25, 0.3) is 11.4 Å². The molecule has 5 nitrogen and oxygen atoms in total. The van der Waals surface area contributed by atoms with Crippen molar-refractivity contribution >= 4 is 17.7 Å². The first-order chi connectivity index (χ1) is 13.5. The highest BCUT2D eigenvalue weighted by Crippen LogP contribution is 2.41. The number of halogens is 1. The van der Waals surface area contributed by atoms with Gasteiger partial charge in [-0.1, -0.05) is 50.6 Å². The molecule has 1 N–H and O–H groups in total. The molecule has 1 aromatic carbocycles. The van der Waals surface area contributed by atoms with Gasteiger partial charge in [0.1, 0.15) is 5.82 Å². The second-order valence-corrected chi connectivity index (χ2v) is 9.06. The van der Waals surface area contributed by atoms with Gasteiger partial charge in [-0.15, -0.1) is 10.2 Å². The number of carbonyl (C=O) groups is 1. The molecule has 1 heterocycles.